The molecule has 14 heavy (non-hydrogen) atoms. The van der Waals surface area contributed by atoms with Crippen LogP contribution < -0.4 is 0 Å². The number of aliphatic imine (C=N–C) groups is 1. The number of rotatable bonds is 3. The Balaban J connectivity index is 2.56. The zero-order chi connectivity index (χ0) is 10.4. The van der Waals surface area contributed by atoms with Crippen LogP contribution in [0.1, 0.15) is 11.1 Å². The third kappa shape index (κ3) is 3.39. The van der Waals surface area contributed by atoms with Crippen LogP contribution in [0.15, 0.2) is 29.3 Å². The molecular weight excluding hydrogens is 178 g/mol. The topological polar surface area (TPSA) is 38.7 Å². The van der Waals surface area contributed by atoms with E-state index in [4.69, 9.17) is 0 Å². The molecule has 0 N–H and O–H groups in total. The molecule has 0 bridgehead atoms. The summed E-state index contributed by atoms with van der Waals surface area (Å²) in [6.45, 7) is 2.09. The average molecular weight is 191 g/mol. The largest absolute Gasteiger partial charge is 0.468 e. The first kappa shape index (κ1) is 10.4. The standard InChI is InChI=1S/C11H13NO2/c1-9-4-3-5-10(6-9)7-12-8-11(13)14-2/h3-7H,8H2,1-2H3. The molecule has 0 amide bonds. The summed E-state index contributed by atoms with van der Waals surface area (Å²) in [5.74, 6) is -0.325. The van der Waals surface area contributed by atoms with Crippen molar-refractivity contribution >= 4 is 12.2 Å². The third-order valence-electron chi connectivity index (χ3n) is 1.73. The van der Waals surface area contributed by atoms with Crippen molar-refractivity contribution in [3.63, 3.8) is 0 Å². The molecule has 0 saturated heterocycles. The monoisotopic (exact) mass is 191 g/mol. The minimum Gasteiger partial charge on any atom is -0.468 e. The molecule has 0 heterocycles. The molecule has 1 aromatic carbocycles. The molecule has 0 atom stereocenters. The lowest BCUT2D eigenvalue weighted by Crippen LogP contribution is -2.04. The maximum Gasteiger partial charge on any atom is 0.327 e. The molecule has 0 aromatic heterocycles. The third-order valence-corrected chi connectivity index (χ3v) is 1.73. The Hall–Kier alpha value is -1.64. The van der Waals surface area contributed by atoms with Crippen LogP contribution in [-0.2, 0) is 9.53 Å². The van der Waals surface area contributed by atoms with Crippen molar-refractivity contribution in [2.75, 3.05) is 13.7 Å². The van der Waals surface area contributed by atoms with Crippen LogP contribution >= 0.6 is 0 Å². The van der Waals surface area contributed by atoms with Crippen LogP contribution in [0.4, 0.5) is 0 Å². The zero-order valence-electron chi connectivity index (χ0n) is 8.36. The predicted molar refractivity (Wildman–Crippen MR) is 55.7 cm³/mol. The van der Waals surface area contributed by atoms with Gasteiger partial charge in [-0.1, -0.05) is 29.8 Å². The number of hydrogen-bond donors (Lipinski definition) is 0. The van der Waals surface area contributed by atoms with E-state index in [1.54, 1.807) is 6.21 Å². The highest BCUT2D eigenvalue weighted by Crippen LogP contribution is 2.00. The van der Waals surface area contributed by atoms with Gasteiger partial charge in [0, 0.05) is 6.21 Å². The van der Waals surface area contributed by atoms with E-state index in [1.165, 1.54) is 12.7 Å². The number of nitrogens with zero attached hydrogens (tertiary/aromatic N) is 1. The van der Waals surface area contributed by atoms with E-state index in [9.17, 15) is 4.79 Å². The summed E-state index contributed by atoms with van der Waals surface area (Å²) in [5, 5.41) is 0. The highest BCUT2D eigenvalue weighted by molar-refractivity contribution is 5.82. The van der Waals surface area contributed by atoms with E-state index < -0.39 is 0 Å². The Labute approximate surface area is 83.4 Å². The first-order chi connectivity index (χ1) is 6.72. The zero-order valence-corrected chi connectivity index (χ0v) is 8.36. The number of ether oxygens (including phenoxy) is 1. The van der Waals surface area contributed by atoms with E-state index in [-0.39, 0.29) is 12.5 Å². The Morgan fingerprint density at radius 2 is 2.36 bits per heavy atom. The number of benzene rings is 1. The molecular formula is C11H13NO2. The Kier molecular flexibility index (Phi) is 3.85. The van der Waals surface area contributed by atoms with Gasteiger partial charge in [0.2, 0.25) is 0 Å². The summed E-state index contributed by atoms with van der Waals surface area (Å²) in [6, 6.07) is 7.90. The Morgan fingerprint density at radius 1 is 1.57 bits per heavy atom. The van der Waals surface area contributed by atoms with Crippen molar-refractivity contribution in [2.45, 2.75) is 6.92 Å². The van der Waals surface area contributed by atoms with Gasteiger partial charge in [-0.25, -0.2) is 0 Å². The fourth-order valence-electron chi connectivity index (χ4n) is 1.04. The van der Waals surface area contributed by atoms with Gasteiger partial charge in [0.05, 0.1) is 7.11 Å². The van der Waals surface area contributed by atoms with Crippen LogP contribution in [0.25, 0.3) is 0 Å². The van der Waals surface area contributed by atoms with Gasteiger partial charge < -0.3 is 4.74 Å². The molecule has 1 rings (SSSR count). The molecule has 0 saturated carbocycles. The quantitative estimate of drug-likeness (QED) is 0.537. The number of carbonyl (C=O) groups is 1. The van der Waals surface area contributed by atoms with E-state index in [0.29, 0.717) is 0 Å². The van der Waals surface area contributed by atoms with Gasteiger partial charge in [-0.05, 0) is 12.5 Å². The van der Waals surface area contributed by atoms with Crippen molar-refractivity contribution in [1.82, 2.24) is 0 Å². The highest BCUT2D eigenvalue weighted by atomic mass is 16.5. The molecule has 0 fully saturated rings. The van der Waals surface area contributed by atoms with E-state index in [2.05, 4.69) is 9.73 Å². The molecule has 0 radical (unpaired) electrons. The summed E-state index contributed by atoms with van der Waals surface area (Å²) in [7, 11) is 1.35. The van der Waals surface area contributed by atoms with Gasteiger partial charge in [-0.3, -0.25) is 9.79 Å². The minimum absolute atomic E-state index is 0.0739. The number of methoxy groups -OCH3 is 1. The van der Waals surface area contributed by atoms with Gasteiger partial charge in [-0.2, -0.15) is 0 Å². The van der Waals surface area contributed by atoms with Crippen molar-refractivity contribution < 1.29 is 9.53 Å². The molecule has 3 nitrogen and oxygen atoms in total. The lowest BCUT2D eigenvalue weighted by atomic mass is 10.2. The number of hydrogen-bond acceptors (Lipinski definition) is 3. The fourth-order valence-corrected chi connectivity index (χ4v) is 1.04. The van der Waals surface area contributed by atoms with Crippen LogP contribution in [-0.4, -0.2) is 25.8 Å². The molecule has 3 heteroatoms. The normalized spacial score (nSPS) is 10.4. The second-order valence-electron chi connectivity index (χ2n) is 2.96. The molecule has 1 aromatic rings. The second kappa shape index (κ2) is 5.17. The molecule has 0 aliphatic carbocycles. The number of esters is 1. The van der Waals surface area contributed by atoms with Gasteiger partial charge in [0.1, 0.15) is 6.54 Å². The first-order valence-electron chi connectivity index (χ1n) is 4.35. The van der Waals surface area contributed by atoms with Crippen molar-refractivity contribution in [2.24, 2.45) is 4.99 Å². The predicted octanol–water partition coefficient (Wildman–Crippen LogP) is 1.59. The molecule has 74 valence electrons. The minimum atomic E-state index is -0.325. The van der Waals surface area contributed by atoms with Crippen molar-refractivity contribution in [1.29, 1.82) is 0 Å². The van der Waals surface area contributed by atoms with Crippen LogP contribution in [0.3, 0.4) is 0 Å². The van der Waals surface area contributed by atoms with Gasteiger partial charge in [0.15, 0.2) is 0 Å². The van der Waals surface area contributed by atoms with Gasteiger partial charge in [0.25, 0.3) is 0 Å². The lowest BCUT2D eigenvalue weighted by Gasteiger charge is -1.95. The fraction of sp³-hybridized carbons (Fsp3) is 0.273. The van der Waals surface area contributed by atoms with Crippen LogP contribution in [0.5, 0.6) is 0 Å². The summed E-state index contributed by atoms with van der Waals surface area (Å²) >= 11 is 0. The second-order valence-corrected chi connectivity index (χ2v) is 2.96. The summed E-state index contributed by atoms with van der Waals surface area (Å²) in [4.78, 5) is 14.7. The summed E-state index contributed by atoms with van der Waals surface area (Å²) in [6.07, 6.45) is 1.67. The maximum atomic E-state index is 10.7. The van der Waals surface area contributed by atoms with Gasteiger partial charge >= 0.3 is 5.97 Å². The molecule has 0 spiro atoms. The van der Waals surface area contributed by atoms with Crippen LogP contribution in [0, 0.1) is 6.92 Å². The van der Waals surface area contributed by atoms with E-state index in [1.807, 2.05) is 31.2 Å². The number of aryl methyl sites for hydroxylation is 1. The average Bonchev–Trinajstić information content (AvgIpc) is 2.17. The molecule has 0 aliphatic heterocycles. The van der Waals surface area contributed by atoms with Crippen LogP contribution in [0.2, 0.25) is 0 Å². The smallest absolute Gasteiger partial charge is 0.327 e. The molecule has 0 unspecified atom stereocenters. The highest BCUT2D eigenvalue weighted by Gasteiger charge is 1.94. The first-order valence-corrected chi connectivity index (χ1v) is 4.35. The lowest BCUT2D eigenvalue weighted by molar-refractivity contribution is -0.138. The Bertz CT molecular complexity index is 345. The maximum absolute atomic E-state index is 10.7. The summed E-state index contributed by atoms with van der Waals surface area (Å²) < 4.78 is 4.46. The molecule has 0 aliphatic rings. The number of carbonyl (C=O) groups excluding carboxylic acids is 1. The SMILES string of the molecule is COC(=O)CN=Cc1cccc(C)c1. The van der Waals surface area contributed by atoms with E-state index >= 15 is 0 Å². The Morgan fingerprint density at radius 3 is 3.00 bits per heavy atom. The van der Waals surface area contributed by atoms with Crippen molar-refractivity contribution in [3.05, 3.63) is 35.4 Å². The van der Waals surface area contributed by atoms with E-state index in [0.717, 1.165) is 5.56 Å². The van der Waals surface area contributed by atoms with Gasteiger partial charge in [-0.15, -0.1) is 0 Å². The van der Waals surface area contributed by atoms with Crippen molar-refractivity contribution in [3.8, 4) is 0 Å². The summed E-state index contributed by atoms with van der Waals surface area (Å²) in [5.41, 5.74) is 2.17.